The van der Waals surface area contributed by atoms with Crippen LogP contribution in [0.3, 0.4) is 0 Å². The van der Waals surface area contributed by atoms with Crippen molar-refractivity contribution in [1.29, 1.82) is 0 Å². The average Bonchev–Trinajstić information content (AvgIpc) is 2.92. The summed E-state index contributed by atoms with van der Waals surface area (Å²) >= 11 is 6.80. The summed E-state index contributed by atoms with van der Waals surface area (Å²) < 4.78 is 6.56. The molecule has 0 radical (unpaired) electrons. The van der Waals surface area contributed by atoms with Crippen LogP contribution in [-0.4, -0.2) is 23.3 Å². The first-order chi connectivity index (χ1) is 12.4. The highest BCUT2D eigenvalue weighted by atomic mass is 79.9. The highest BCUT2D eigenvalue weighted by molar-refractivity contribution is 9.13. The van der Waals surface area contributed by atoms with Gasteiger partial charge in [-0.2, -0.15) is 10.1 Å². The molecule has 2 aromatic rings. The van der Waals surface area contributed by atoms with Crippen LogP contribution < -0.4 is 9.75 Å². The highest BCUT2D eigenvalue weighted by Crippen LogP contribution is 2.43. The molecule has 134 valence electrons. The van der Waals surface area contributed by atoms with Gasteiger partial charge in [0.25, 0.3) is 5.91 Å². The Morgan fingerprint density at radius 2 is 1.92 bits per heavy atom. The number of anilines is 1. The second kappa shape index (κ2) is 7.63. The van der Waals surface area contributed by atoms with Crippen molar-refractivity contribution in [3.8, 4) is 11.5 Å². The Hall–Kier alpha value is -2.12. The number of nitrogens with zero attached hydrogens (tertiary/aromatic N) is 2. The van der Waals surface area contributed by atoms with Gasteiger partial charge in [-0.05, 0) is 75.5 Å². The molecule has 0 saturated heterocycles. The number of benzene rings is 2. The number of amides is 1. The Morgan fingerprint density at radius 3 is 2.58 bits per heavy atom. The van der Waals surface area contributed by atoms with Crippen LogP contribution >= 0.6 is 31.9 Å². The summed E-state index contributed by atoms with van der Waals surface area (Å²) in [5.41, 5.74) is 2.51. The summed E-state index contributed by atoms with van der Waals surface area (Å²) in [5.74, 6) is 0.145. The van der Waals surface area contributed by atoms with E-state index in [0.717, 1.165) is 0 Å². The zero-order valence-corrected chi connectivity index (χ0v) is 17.3. The molecule has 26 heavy (non-hydrogen) atoms. The number of ether oxygens (including phenoxy) is 1. The molecule has 0 atom stereocenters. The average molecular weight is 480 g/mol. The number of rotatable bonds is 4. The van der Waals surface area contributed by atoms with Crippen LogP contribution in [0.15, 0.2) is 56.0 Å². The minimum atomic E-state index is -0.206. The van der Waals surface area contributed by atoms with Gasteiger partial charge in [-0.15, -0.1) is 0 Å². The summed E-state index contributed by atoms with van der Waals surface area (Å²) in [6.07, 6.45) is 1.74. The van der Waals surface area contributed by atoms with Gasteiger partial charge in [-0.25, -0.2) is 0 Å². The SMILES string of the molecule is CCOc1cc(/C=C2/C(=O)N(c3ccccc3)N=C2C)c(Br)c(Br)c1O. The van der Waals surface area contributed by atoms with Gasteiger partial charge >= 0.3 is 0 Å². The fourth-order valence-corrected chi connectivity index (χ4v) is 3.41. The standard InChI is InChI=1S/C19H16Br2N2O3/c1-3-26-15-10-12(16(20)17(21)18(15)24)9-14-11(2)22-23(19(14)25)13-7-5-4-6-8-13/h4-10,24H,3H2,1-2H3/b14-9+. The van der Waals surface area contributed by atoms with Crippen molar-refractivity contribution in [2.75, 3.05) is 11.6 Å². The predicted octanol–water partition coefficient (Wildman–Crippen LogP) is 5.12. The third kappa shape index (κ3) is 3.41. The van der Waals surface area contributed by atoms with E-state index in [9.17, 15) is 9.90 Å². The first-order valence-corrected chi connectivity index (χ1v) is 9.53. The normalized spacial score (nSPS) is 15.5. The number of para-hydroxylation sites is 1. The Balaban J connectivity index is 2.03. The quantitative estimate of drug-likeness (QED) is 0.619. The van der Waals surface area contributed by atoms with Crippen molar-refractivity contribution in [2.24, 2.45) is 5.10 Å². The van der Waals surface area contributed by atoms with Gasteiger partial charge in [-0.3, -0.25) is 4.79 Å². The molecule has 0 bridgehead atoms. The molecule has 1 amide bonds. The highest BCUT2D eigenvalue weighted by Gasteiger charge is 2.29. The lowest BCUT2D eigenvalue weighted by molar-refractivity contribution is -0.114. The maximum absolute atomic E-state index is 12.8. The molecule has 0 fully saturated rings. The fourth-order valence-electron chi connectivity index (χ4n) is 2.57. The van der Waals surface area contributed by atoms with Crippen molar-refractivity contribution >= 4 is 55.2 Å². The Labute approximate surface area is 168 Å². The lowest BCUT2D eigenvalue weighted by atomic mass is 10.1. The fraction of sp³-hybridized carbons (Fsp3) is 0.158. The minimum absolute atomic E-state index is 0.00919. The summed E-state index contributed by atoms with van der Waals surface area (Å²) in [4.78, 5) is 12.8. The topological polar surface area (TPSA) is 62.1 Å². The van der Waals surface area contributed by atoms with Gasteiger partial charge in [0.15, 0.2) is 11.5 Å². The van der Waals surface area contributed by atoms with Crippen LogP contribution in [0.2, 0.25) is 0 Å². The third-order valence-corrected chi connectivity index (χ3v) is 6.00. The molecule has 2 aromatic carbocycles. The van der Waals surface area contributed by atoms with E-state index in [4.69, 9.17) is 4.74 Å². The summed E-state index contributed by atoms with van der Waals surface area (Å²) in [7, 11) is 0. The molecule has 0 spiro atoms. The van der Waals surface area contributed by atoms with Gasteiger partial charge in [0.2, 0.25) is 0 Å². The molecule has 5 nitrogen and oxygen atoms in total. The van der Waals surface area contributed by atoms with Crippen molar-refractivity contribution < 1.29 is 14.6 Å². The van der Waals surface area contributed by atoms with Crippen molar-refractivity contribution in [3.63, 3.8) is 0 Å². The molecular weight excluding hydrogens is 464 g/mol. The lowest BCUT2D eigenvalue weighted by Crippen LogP contribution is -2.21. The zero-order chi connectivity index (χ0) is 18.8. The van der Waals surface area contributed by atoms with Crippen molar-refractivity contribution in [3.05, 3.63) is 56.5 Å². The largest absolute Gasteiger partial charge is 0.503 e. The molecule has 1 aliphatic heterocycles. The first kappa shape index (κ1) is 18.7. The number of hydrogen-bond acceptors (Lipinski definition) is 4. The van der Waals surface area contributed by atoms with Crippen LogP contribution in [0.4, 0.5) is 5.69 Å². The van der Waals surface area contributed by atoms with Gasteiger partial charge in [-0.1, -0.05) is 18.2 Å². The summed E-state index contributed by atoms with van der Waals surface area (Å²) in [6.45, 7) is 4.04. The number of hydrazone groups is 1. The van der Waals surface area contributed by atoms with Gasteiger partial charge in [0.1, 0.15) is 0 Å². The van der Waals surface area contributed by atoms with Crippen LogP contribution in [-0.2, 0) is 4.79 Å². The van der Waals surface area contributed by atoms with E-state index in [1.807, 2.05) is 37.3 Å². The summed E-state index contributed by atoms with van der Waals surface area (Å²) in [5, 5.41) is 15.9. The van der Waals surface area contributed by atoms with E-state index in [-0.39, 0.29) is 11.7 Å². The van der Waals surface area contributed by atoms with Crippen molar-refractivity contribution in [2.45, 2.75) is 13.8 Å². The molecule has 1 N–H and O–H groups in total. The summed E-state index contributed by atoms with van der Waals surface area (Å²) in [6, 6.07) is 11.0. The number of hydrogen-bond donors (Lipinski definition) is 1. The Bertz CT molecular complexity index is 924. The van der Waals surface area contributed by atoms with Gasteiger partial charge in [0, 0.05) is 4.47 Å². The van der Waals surface area contributed by atoms with E-state index in [0.29, 0.717) is 43.8 Å². The van der Waals surface area contributed by atoms with E-state index in [1.54, 1.807) is 19.1 Å². The lowest BCUT2D eigenvalue weighted by Gasteiger charge is -2.12. The van der Waals surface area contributed by atoms with Crippen molar-refractivity contribution in [1.82, 2.24) is 0 Å². The number of carbonyl (C=O) groups is 1. The predicted molar refractivity (Wildman–Crippen MR) is 110 cm³/mol. The van der Waals surface area contributed by atoms with Crippen LogP contribution in [0.25, 0.3) is 6.08 Å². The smallest absolute Gasteiger partial charge is 0.280 e. The number of halogens is 2. The molecule has 0 aromatic heterocycles. The van der Waals surface area contributed by atoms with Crippen LogP contribution in [0.5, 0.6) is 11.5 Å². The maximum atomic E-state index is 12.8. The molecule has 0 saturated carbocycles. The molecule has 7 heteroatoms. The van der Waals surface area contributed by atoms with Gasteiger partial charge in [0.05, 0.1) is 28.1 Å². The molecule has 0 aliphatic carbocycles. The second-order valence-corrected chi connectivity index (χ2v) is 7.16. The Kier molecular flexibility index (Phi) is 5.48. The minimum Gasteiger partial charge on any atom is -0.503 e. The zero-order valence-electron chi connectivity index (χ0n) is 14.2. The Morgan fingerprint density at radius 1 is 1.23 bits per heavy atom. The third-order valence-electron chi connectivity index (χ3n) is 3.84. The first-order valence-electron chi connectivity index (χ1n) is 7.94. The second-order valence-electron chi connectivity index (χ2n) is 5.57. The number of phenolic OH excluding ortho intramolecular Hbond substituents is 1. The molecule has 1 aliphatic rings. The molecule has 1 heterocycles. The molecule has 0 unspecified atom stereocenters. The van der Waals surface area contributed by atoms with E-state index < -0.39 is 0 Å². The molecule has 3 rings (SSSR count). The van der Waals surface area contributed by atoms with Gasteiger partial charge < -0.3 is 9.84 Å². The number of phenols is 1. The molecular formula is C19H16Br2N2O3. The van der Waals surface area contributed by atoms with E-state index in [1.165, 1.54) is 5.01 Å². The number of aromatic hydroxyl groups is 1. The van der Waals surface area contributed by atoms with E-state index in [2.05, 4.69) is 37.0 Å². The number of carbonyl (C=O) groups excluding carboxylic acids is 1. The maximum Gasteiger partial charge on any atom is 0.280 e. The van der Waals surface area contributed by atoms with E-state index >= 15 is 0 Å². The monoisotopic (exact) mass is 478 g/mol. The van der Waals surface area contributed by atoms with Crippen LogP contribution in [0.1, 0.15) is 19.4 Å². The van der Waals surface area contributed by atoms with Crippen LogP contribution in [0, 0.1) is 0 Å².